The van der Waals surface area contributed by atoms with Gasteiger partial charge in [-0.05, 0) is 68.5 Å². The Hall–Kier alpha value is -5.68. The molecule has 0 aliphatic heterocycles. The van der Waals surface area contributed by atoms with Gasteiger partial charge in [0, 0.05) is 41.3 Å². The number of carbonyl (C=O) groups is 2. The summed E-state index contributed by atoms with van der Waals surface area (Å²) in [5, 5.41) is 12.6. The fourth-order valence-electron chi connectivity index (χ4n) is 5.48. The Morgan fingerprint density at radius 1 is 0.886 bits per heavy atom. The van der Waals surface area contributed by atoms with Crippen LogP contribution in [0, 0.1) is 0 Å². The number of nitrogens with zero attached hydrogens (tertiary/aromatic N) is 4. The molecule has 0 spiro atoms. The normalized spacial score (nSPS) is 13.2. The zero-order valence-electron chi connectivity index (χ0n) is 22.8. The van der Waals surface area contributed by atoms with Crippen molar-refractivity contribution in [3.8, 4) is 22.5 Å². The zero-order chi connectivity index (χ0) is 30.2. The van der Waals surface area contributed by atoms with Crippen LogP contribution in [0.25, 0.3) is 44.6 Å². The van der Waals surface area contributed by atoms with Crippen LogP contribution < -0.4 is 5.32 Å². The van der Waals surface area contributed by atoms with Gasteiger partial charge in [0.15, 0.2) is 0 Å². The van der Waals surface area contributed by atoms with Crippen molar-refractivity contribution in [3.05, 3.63) is 131 Å². The van der Waals surface area contributed by atoms with Gasteiger partial charge in [0.1, 0.15) is 16.1 Å². The lowest BCUT2D eigenvalue weighted by Crippen LogP contribution is -2.28. The Balaban J connectivity index is 0.000000218. The van der Waals surface area contributed by atoms with E-state index in [9.17, 15) is 9.59 Å². The molecule has 7 aromatic rings. The molecule has 1 aliphatic rings. The van der Waals surface area contributed by atoms with Crippen LogP contribution in [0.1, 0.15) is 37.9 Å². The Kier molecular flexibility index (Phi) is 6.91. The second kappa shape index (κ2) is 11.2. The van der Waals surface area contributed by atoms with E-state index in [1.165, 1.54) is 6.20 Å². The number of aromatic carboxylic acids is 1. The van der Waals surface area contributed by atoms with Crippen LogP contribution in [0.15, 0.2) is 108 Å². The van der Waals surface area contributed by atoms with E-state index in [1.54, 1.807) is 49.1 Å². The van der Waals surface area contributed by atoms with Crippen molar-refractivity contribution in [3.63, 3.8) is 0 Å². The number of imidazole rings is 1. The molecule has 0 saturated heterocycles. The van der Waals surface area contributed by atoms with E-state index in [-0.39, 0.29) is 17.5 Å². The maximum absolute atomic E-state index is 13.1. The highest BCUT2D eigenvalue weighted by atomic mass is 79.9. The molecule has 1 amide bonds. The number of H-pyrrole nitrogens is 2. The van der Waals surface area contributed by atoms with Crippen molar-refractivity contribution in [2.45, 2.75) is 6.04 Å². The number of carboxylic acids is 1. The summed E-state index contributed by atoms with van der Waals surface area (Å²) in [5.41, 5.74) is 8.46. The minimum absolute atomic E-state index is 0.152. The van der Waals surface area contributed by atoms with Crippen LogP contribution in [0.2, 0.25) is 0 Å². The summed E-state index contributed by atoms with van der Waals surface area (Å²) in [7, 11) is 0. The number of rotatable bonds is 4. The van der Waals surface area contributed by atoms with Crippen LogP contribution in [-0.2, 0) is 0 Å². The monoisotopic (exact) mass is 643 g/mol. The summed E-state index contributed by atoms with van der Waals surface area (Å²) in [6.07, 6.45) is 8.19. The van der Waals surface area contributed by atoms with E-state index < -0.39 is 5.97 Å². The Labute approximate surface area is 258 Å². The van der Waals surface area contributed by atoms with Gasteiger partial charge in [-0.25, -0.2) is 19.7 Å². The van der Waals surface area contributed by atoms with Gasteiger partial charge >= 0.3 is 5.97 Å². The Bertz CT molecular complexity index is 2170. The van der Waals surface area contributed by atoms with Crippen molar-refractivity contribution in [2.75, 3.05) is 0 Å². The Morgan fingerprint density at radius 2 is 1.73 bits per heavy atom. The fourth-order valence-corrected chi connectivity index (χ4v) is 5.85. The second-order valence-electron chi connectivity index (χ2n) is 10.0. The number of hydrogen-bond acceptors (Lipinski definition) is 6. The largest absolute Gasteiger partial charge is 0.478 e. The minimum atomic E-state index is -0.936. The zero-order valence-corrected chi connectivity index (χ0v) is 24.4. The highest BCUT2D eigenvalue weighted by Gasteiger charge is 2.32. The molecule has 0 radical (unpaired) electrons. The number of halogens is 1. The van der Waals surface area contributed by atoms with Crippen molar-refractivity contribution >= 4 is 49.9 Å². The maximum atomic E-state index is 13.1. The molecule has 0 fully saturated rings. The summed E-state index contributed by atoms with van der Waals surface area (Å²) in [5.74, 6) is -0.306. The Morgan fingerprint density at radius 3 is 2.57 bits per heavy atom. The number of pyridine rings is 3. The van der Waals surface area contributed by atoms with E-state index in [0.717, 1.165) is 44.7 Å². The molecule has 8 rings (SSSR count). The van der Waals surface area contributed by atoms with E-state index >= 15 is 0 Å². The number of fused-ring (bicyclic) bond motifs is 5. The molecule has 1 aliphatic carbocycles. The molecule has 1 unspecified atom stereocenters. The number of aromatic nitrogens is 6. The van der Waals surface area contributed by atoms with Crippen LogP contribution >= 0.6 is 15.9 Å². The van der Waals surface area contributed by atoms with Gasteiger partial charge in [0.25, 0.3) is 5.91 Å². The fraction of sp³-hybridized carbons (Fsp3) is 0.0303. The molecule has 1 atom stereocenters. The number of nitrogens with one attached hydrogen (secondary N) is 3. The van der Waals surface area contributed by atoms with Gasteiger partial charge < -0.3 is 20.4 Å². The van der Waals surface area contributed by atoms with Gasteiger partial charge in [-0.2, -0.15) is 0 Å². The molecular formula is C33H22BrN7O3. The second-order valence-corrected chi connectivity index (χ2v) is 10.8. The average molecular weight is 644 g/mol. The molecule has 214 valence electrons. The molecule has 5 heterocycles. The molecule has 0 bridgehead atoms. The molecule has 2 aromatic carbocycles. The lowest BCUT2D eigenvalue weighted by atomic mass is 9.98. The molecule has 5 aromatic heterocycles. The highest BCUT2D eigenvalue weighted by Crippen LogP contribution is 2.47. The third-order valence-corrected chi connectivity index (χ3v) is 7.87. The van der Waals surface area contributed by atoms with Crippen molar-refractivity contribution < 1.29 is 14.7 Å². The molecule has 44 heavy (non-hydrogen) atoms. The molecule has 4 N–H and O–H groups in total. The van der Waals surface area contributed by atoms with Crippen LogP contribution in [0.5, 0.6) is 0 Å². The van der Waals surface area contributed by atoms with Gasteiger partial charge in [-0.3, -0.25) is 9.78 Å². The summed E-state index contributed by atoms with van der Waals surface area (Å²) >= 11 is 3.34. The molecule has 10 nitrogen and oxygen atoms in total. The van der Waals surface area contributed by atoms with Gasteiger partial charge in [0.05, 0.1) is 28.8 Å². The third-order valence-electron chi connectivity index (χ3n) is 7.43. The first kappa shape index (κ1) is 27.2. The smallest absolute Gasteiger partial charge is 0.337 e. The first-order valence-electron chi connectivity index (χ1n) is 13.6. The van der Waals surface area contributed by atoms with Crippen molar-refractivity contribution in [1.29, 1.82) is 0 Å². The number of benzene rings is 2. The summed E-state index contributed by atoms with van der Waals surface area (Å²) in [6.45, 7) is 0. The van der Waals surface area contributed by atoms with Gasteiger partial charge in [0.2, 0.25) is 0 Å². The molecule has 11 heteroatoms. The van der Waals surface area contributed by atoms with Crippen molar-refractivity contribution in [1.82, 2.24) is 35.2 Å². The number of amides is 1. The predicted molar refractivity (Wildman–Crippen MR) is 169 cm³/mol. The number of hydrogen-bond donors (Lipinski definition) is 4. The lowest BCUT2D eigenvalue weighted by Gasteiger charge is -2.16. The number of carbonyl (C=O) groups excluding carboxylic acids is 1. The van der Waals surface area contributed by atoms with E-state index in [2.05, 4.69) is 70.4 Å². The first-order valence-corrected chi connectivity index (χ1v) is 14.4. The topological polar surface area (TPSA) is 150 Å². The minimum Gasteiger partial charge on any atom is -0.478 e. The maximum Gasteiger partial charge on any atom is 0.337 e. The van der Waals surface area contributed by atoms with Gasteiger partial charge in [-0.15, -0.1) is 0 Å². The highest BCUT2D eigenvalue weighted by molar-refractivity contribution is 9.10. The van der Waals surface area contributed by atoms with Crippen LogP contribution in [0.4, 0.5) is 0 Å². The first-order chi connectivity index (χ1) is 21.5. The standard InChI is InChI=1S/C25H16BrN5O.C8H6N2O2/c26-21-12-14(8-11-28-21)25(32)31-23-16-5-2-1-4-15(16)22-17(23)6-3-7-18(22)24-29-19-9-10-27-13-20(19)30-24;11-8(12)6-4-10-7-5(6)2-1-3-9-7/h1-13,23H,(H,29,30)(H,31,32);1-4H,(H,9,10)(H,11,12). The molecular weight excluding hydrogens is 622 g/mol. The van der Waals surface area contributed by atoms with E-state index in [0.29, 0.717) is 21.2 Å². The number of aromatic amines is 2. The molecule has 0 saturated carbocycles. The van der Waals surface area contributed by atoms with Crippen LogP contribution in [-0.4, -0.2) is 46.9 Å². The lowest BCUT2D eigenvalue weighted by molar-refractivity contribution is 0.0698. The summed E-state index contributed by atoms with van der Waals surface area (Å²) in [4.78, 5) is 46.9. The SMILES string of the molecule is O=C(NC1c2ccccc2-c2c(-c3nc4ccncc4[nH]3)cccc21)c1ccnc(Br)c1.O=C(O)c1c[nH]c2ncccc12. The third kappa shape index (κ3) is 4.88. The van der Waals surface area contributed by atoms with E-state index in [4.69, 9.17) is 10.1 Å². The average Bonchev–Trinajstić information content (AvgIpc) is 3.76. The number of carboxylic acid groups (broad SMARTS) is 1. The summed E-state index contributed by atoms with van der Waals surface area (Å²) < 4.78 is 0.624. The van der Waals surface area contributed by atoms with E-state index in [1.807, 2.05) is 24.3 Å². The quantitative estimate of drug-likeness (QED) is 0.159. The van der Waals surface area contributed by atoms with Crippen LogP contribution in [0.3, 0.4) is 0 Å². The van der Waals surface area contributed by atoms with Gasteiger partial charge in [-0.1, -0.05) is 42.5 Å². The van der Waals surface area contributed by atoms with Crippen molar-refractivity contribution in [2.24, 2.45) is 0 Å². The summed E-state index contributed by atoms with van der Waals surface area (Å²) in [6, 6.07) is 22.8. The predicted octanol–water partition coefficient (Wildman–Crippen LogP) is 6.54.